The Bertz CT molecular complexity index is 724. The van der Waals surface area contributed by atoms with Gasteiger partial charge in [-0.25, -0.2) is 4.79 Å². The Labute approximate surface area is 151 Å². The first-order chi connectivity index (χ1) is 10.7. The molecular weight excluding hydrogens is 294 g/mol. The molecule has 0 saturated carbocycles. The van der Waals surface area contributed by atoms with Gasteiger partial charge in [0, 0.05) is 0 Å². The molecule has 0 aliphatic rings. The molecule has 0 unspecified atom stereocenters. The van der Waals surface area contributed by atoms with Crippen LogP contribution in [0.2, 0.25) is 0 Å². The molecule has 1 nitrogen and oxygen atoms in total. The summed E-state index contributed by atoms with van der Waals surface area (Å²) in [6.45, 7) is 2.12. The molecule has 0 bridgehead atoms. The minimum absolute atomic E-state index is 0. The van der Waals surface area contributed by atoms with Gasteiger partial charge in [-0.1, -0.05) is 54.6 Å². The summed E-state index contributed by atoms with van der Waals surface area (Å²) in [5.41, 5.74) is 1.01. The van der Waals surface area contributed by atoms with Crippen molar-refractivity contribution in [2.24, 2.45) is 0 Å². The van der Waals surface area contributed by atoms with Crippen molar-refractivity contribution in [3.05, 3.63) is 96.6 Å². The fourth-order valence-electron chi connectivity index (χ4n) is 2.67. The Kier molecular flexibility index (Phi) is 5.97. The van der Waals surface area contributed by atoms with Crippen molar-refractivity contribution in [3.8, 4) is 0 Å². The number of hydrogen-bond donors (Lipinski definition) is 0. The summed E-state index contributed by atoms with van der Waals surface area (Å²) < 4.78 is 0. The second-order valence-corrected chi connectivity index (χ2v) is 8.80. The van der Waals surface area contributed by atoms with Gasteiger partial charge in [-0.05, 0) is 36.4 Å². The average Bonchev–Trinajstić information content (AvgIpc) is 2.62. The molecule has 3 aromatic rings. The van der Waals surface area contributed by atoms with E-state index in [0.29, 0.717) is 0 Å². The van der Waals surface area contributed by atoms with Crippen molar-refractivity contribution in [1.82, 2.24) is 0 Å². The molecule has 0 N–H and O–H groups in total. The molecule has 3 heteroatoms. The molecule has 0 aliphatic carbocycles. The summed E-state index contributed by atoms with van der Waals surface area (Å²) in [6, 6.07) is 29.9. The monoisotopic (exact) mass is 313 g/mol. The molecule has 0 radical (unpaired) electrons. The van der Waals surface area contributed by atoms with Gasteiger partial charge < -0.3 is 1.43 Å². The van der Waals surface area contributed by atoms with E-state index in [1.807, 2.05) is 66.7 Å². The van der Waals surface area contributed by atoms with E-state index in [-0.39, 0.29) is 25.8 Å². The molecule has 3 rings (SSSR count). The number of rotatable bonds is 4. The zero-order valence-electron chi connectivity index (χ0n) is 14.5. The second kappa shape index (κ2) is 7.76. The summed E-state index contributed by atoms with van der Waals surface area (Å²) in [5.74, 6) is 0. The maximum atomic E-state index is 13.3. The van der Waals surface area contributed by atoms with E-state index in [9.17, 15) is 4.79 Å². The Balaban J connectivity index is 0.00000144. The summed E-state index contributed by atoms with van der Waals surface area (Å²) in [5, 5.41) is 2.24. The summed E-state index contributed by atoms with van der Waals surface area (Å²) in [7, 11) is -2.13. The normalized spacial score (nSPS) is 10.7. The number of carbonyl (C=O) groups is 1. The number of carbonyl (C=O) groups excluding carboxylic acids is 1. The molecule has 0 heterocycles. The van der Waals surface area contributed by atoms with Crippen molar-refractivity contribution >= 4 is 23.4 Å². The zero-order valence-corrected chi connectivity index (χ0v) is 14.4. The van der Waals surface area contributed by atoms with Crippen LogP contribution in [0.1, 0.15) is 11.8 Å². The van der Waals surface area contributed by atoms with Crippen LogP contribution in [0.4, 0.5) is 0 Å². The van der Waals surface area contributed by atoms with Gasteiger partial charge in [-0.15, -0.1) is 0 Å². The van der Waals surface area contributed by atoms with Crippen LogP contribution in [-0.4, -0.2) is 12.2 Å². The maximum Gasteiger partial charge on any atom is 1.00 e. The van der Waals surface area contributed by atoms with Crippen molar-refractivity contribution < 1.29 is 25.1 Å². The molecule has 0 amide bonds. The molecule has 23 heavy (non-hydrogen) atoms. The predicted molar refractivity (Wildman–Crippen MR) is 96.9 cm³/mol. The van der Waals surface area contributed by atoms with Crippen LogP contribution in [0.15, 0.2) is 91.0 Å². The largest absolute Gasteiger partial charge is 1.00 e. The van der Waals surface area contributed by atoms with Crippen LogP contribution in [0.3, 0.4) is 0 Å². The van der Waals surface area contributed by atoms with E-state index in [4.69, 9.17) is 0 Å². The zero-order chi connectivity index (χ0) is 15.4. The molecule has 3 aromatic carbocycles. The van der Waals surface area contributed by atoms with E-state index in [1.54, 1.807) is 0 Å². The van der Waals surface area contributed by atoms with Crippen molar-refractivity contribution in [3.63, 3.8) is 0 Å². The number of benzene rings is 3. The van der Waals surface area contributed by atoms with Gasteiger partial charge in [0.1, 0.15) is 10.6 Å². The van der Waals surface area contributed by atoms with Gasteiger partial charge in [-0.3, -0.25) is 0 Å². The first kappa shape index (κ1) is 17.7. The number of hydrogen-bond acceptors (Lipinski definition) is 1. The molecule has 110 valence electrons. The Morgan fingerprint density at radius 3 is 1.43 bits per heavy atom. The van der Waals surface area contributed by atoms with E-state index < -0.39 is 7.26 Å². The van der Waals surface area contributed by atoms with Crippen LogP contribution in [0, 0.1) is 0 Å². The minimum atomic E-state index is -2.13. The molecule has 0 atom stereocenters. The Morgan fingerprint density at radius 1 is 0.696 bits per heavy atom. The van der Waals surface area contributed by atoms with Crippen LogP contribution in [0.25, 0.3) is 0 Å². The SMILES string of the molecule is C[P+](C(=O)c1ccccc1)(c1ccccc1)c1ccccc1.[H-].[Li+]. The third kappa shape index (κ3) is 3.49. The van der Waals surface area contributed by atoms with Gasteiger partial charge in [0.25, 0.3) is 0 Å². The fraction of sp³-hybridized carbons (Fsp3) is 0.0500. The molecule has 0 saturated heterocycles. The van der Waals surface area contributed by atoms with Crippen molar-refractivity contribution in [2.45, 2.75) is 0 Å². The molecule has 0 spiro atoms. The first-order valence-electron chi connectivity index (χ1n) is 7.30. The summed E-state index contributed by atoms with van der Waals surface area (Å²) >= 11 is 0. The summed E-state index contributed by atoms with van der Waals surface area (Å²) in [6.07, 6.45) is 0. The molecule has 0 aromatic heterocycles. The van der Waals surface area contributed by atoms with Crippen LogP contribution < -0.4 is 29.5 Å². The third-order valence-corrected chi connectivity index (χ3v) is 7.70. The third-order valence-electron chi connectivity index (χ3n) is 3.97. The molecular formula is C20H19LiOP+. The standard InChI is InChI=1S/C20H18OP.Li.H/c1-22(18-13-7-3-8-14-18,19-15-9-4-10-16-19)20(21)17-11-5-2-6-12-17;;/h2-16H,1H3;;/q2*+1;-1. The quantitative estimate of drug-likeness (QED) is 0.523. The van der Waals surface area contributed by atoms with Crippen LogP contribution in [0.5, 0.6) is 0 Å². The predicted octanol–water partition coefficient (Wildman–Crippen LogP) is 1.24. The van der Waals surface area contributed by atoms with Crippen molar-refractivity contribution in [1.29, 1.82) is 0 Å². The first-order valence-corrected chi connectivity index (χ1v) is 9.54. The molecule has 0 fully saturated rings. The fourth-order valence-corrected chi connectivity index (χ4v) is 5.64. The smallest absolute Gasteiger partial charge is 1.00 e. The topological polar surface area (TPSA) is 17.1 Å². The Hall–Kier alpha value is -1.64. The van der Waals surface area contributed by atoms with E-state index in [2.05, 4.69) is 30.9 Å². The van der Waals surface area contributed by atoms with Crippen molar-refractivity contribution in [2.75, 3.05) is 6.66 Å². The van der Waals surface area contributed by atoms with Gasteiger partial charge >= 0.3 is 24.4 Å². The van der Waals surface area contributed by atoms with Gasteiger partial charge in [0.05, 0.1) is 12.2 Å². The van der Waals surface area contributed by atoms with Crippen LogP contribution >= 0.6 is 7.26 Å². The maximum absolute atomic E-state index is 13.3. The molecule has 0 aliphatic heterocycles. The van der Waals surface area contributed by atoms with E-state index in [1.165, 1.54) is 0 Å². The van der Waals surface area contributed by atoms with Crippen LogP contribution in [-0.2, 0) is 0 Å². The van der Waals surface area contributed by atoms with E-state index >= 15 is 0 Å². The van der Waals surface area contributed by atoms with Gasteiger partial charge in [-0.2, -0.15) is 0 Å². The van der Waals surface area contributed by atoms with Gasteiger partial charge in [0.2, 0.25) is 0 Å². The average molecular weight is 313 g/mol. The minimum Gasteiger partial charge on any atom is -1.00 e. The van der Waals surface area contributed by atoms with E-state index in [0.717, 1.165) is 16.2 Å². The second-order valence-electron chi connectivity index (χ2n) is 5.35. The van der Waals surface area contributed by atoms with Gasteiger partial charge in [0.15, 0.2) is 7.26 Å². The summed E-state index contributed by atoms with van der Waals surface area (Å²) in [4.78, 5) is 13.3. The Morgan fingerprint density at radius 2 is 1.04 bits per heavy atom.